The Balaban J connectivity index is -0.00000180. The first-order valence-electron chi connectivity index (χ1n) is 5.52. The van der Waals surface area contributed by atoms with E-state index < -0.39 is 50.1 Å². The largest absolute Gasteiger partial charge is 0.693 e. The minimum Gasteiger partial charge on any atom is -0.693 e. The molecule has 0 aliphatic rings. The summed E-state index contributed by atoms with van der Waals surface area (Å²) in [6.45, 7) is -2.25. The molecule has 130 valence electrons. The topological polar surface area (TPSA) is 189 Å². The molecule has 0 saturated heterocycles. The Kier molecular flexibility index (Phi) is 14.9. The minimum absolute atomic E-state index is 0. The van der Waals surface area contributed by atoms with Crippen LogP contribution in [0.5, 0.6) is 0 Å². The molecule has 0 rings (SSSR count). The smallest absolute Gasteiger partial charge is 0.317 e. The van der Waals surface area contributed by atoms with Gasteiger partial charge in [0, 0.05) is 30.2 Å². The summed E-state index contributed by atoms with van der Waals surface area (Å²) in [4.78, 5) is 44.4. The van der Waals surface area contributed by atoms with Gasteiger partial charge in [0.15, 0.2) is 0 Å². The van der Waals surface area contributed by atoms with Crippen LogP contribution >= 0.6 is 0 Å². The van der Waals surface area contributed by atoms with Gasteiger partial charge in [-0.2, -0.15) is 0 Å². The maximum atomic E-state index is 10.6. The molecule has 0 saturated carbocycles. The third kappa shape index (κ3) is 14.7. The SMILES string of the molecule is O=C(O)CN(CCN(CC(=O)O)CC(=O)O)CC(=O)O.[Fe].[NH2-]. The van der Waals surface area contributed by atoms with Gasteiger partial charge in [-0.3, -0.25) is 29.0 Å². The van der Waals surface area contributed by atoms with E-state index in [0.717, 1.165) is 9.80 Å². The van der Waals surface area contributed by atoms with Crippen molar-refractivity contribution in [3.63, 3.8) is 0 Å². The van der Waals surface area contributed by atoms with Gasteiger partial charge in [-0.05, 0) is 0 Å². The maximum Gasteiger partial charge on any atom is 0.317 e. The van der Waals surface area contributed by atoms with Crippen LogP contribution in [0.1, 0.15) is 0 Å². The molecule has 0 bridgehead atoms. The van der Waals surface area contributed by atoms with Gasteiger partial charge in [0.1, 0.15) is 0 Å². The van der Waals surface area contributed by atoms with Crippen molar-refractivity contribution in [3.05, 3.63) is 6.15 Å². The number of carboxylic acid groups (broad SMARTS) is 4. The van der Waals surface area contributed by atoms with E-state index in [9.17, 15) is 19.2 Å². The summed E-state index contributed by atoms with van der Waals surface area (Å²) in [5.41, 5.74) is 0. The van der Waals surface area contributed by atoms with Crippen LogP contribution in [0.15, 0.2) is 0 Å². The predicted octanol–water partition coefficient (Wildman–Crippen LogP) is -1.36. The molecule has 0 fully saturated rings. The Hall–Kier alpha value is -1.72. The van der Waals surface area contributed by atoms with E-state index in [1.54, 1.807) is 0 Å². The Bertz CT molecular complexity index is 324. The Morgan fingerprint density at radius 3 is 0.909 bits per heavy atom. The van der Waals surface area contributed by atoms with Gasteiger partial charge in [-0.25, -0.2) is 0 Å². The minimum atomic E-state index is -1.23. The third-order valence-corrected chi connectivity index (χ3v) is 2.17. The van der Waals surface area contributed by atoms with Gasteiger partial charge in [0.2, 0.25) is 0 Å². The second kappa shape index (κ2) is 13.0. The van der Waals surface area contributed by atoms with E-state index in [1.807, 2.05) is 0 Å². The normalized spacial score (nSPS) is 9.73. The standard InChI is InChI=1S/C10H16N2O8.Fe.H2N/c13-7(14)3-11(4-8(15)16)1-2-12(5-9(17)18)6-10(19)20;;/h1-6H2,(H,13,14)(H,15,16)(H,17,18)(H,19,20);;1H2/q;;-1. The number of nitrogens with two attached hydrogens (primary N) is 1. The third-order valence-electron chi connectivity index (χ3n) is 2.17. The van der Waals surface area contributed by atoms with E-state index in [0.29, 0.717) is 0 Å². The molecule has 0 aromatic carbocycles. The molecule has 0 radical (unpaired) electrons. The van der Waals surface area contributed by atoms with E-state index in [1.165, 1.54) is 0 Å². The van der Waals surface area contributed by atoms with Crippen molar-refractivity contribution >= 4 is 23.9 Å². The molecule has 22 heavy (non-hydrogen) atoms. The molecular weight excluding hydrogens is 346 g/mol. The first-order valence-corrected chi connectivity index (χ1v) is 5.52. The van der Waals surface area contributed by atoms with Gasteiger partial charge in [0.25, 0.3) is 0 Å². The predicted molar refractivity (Wildman–Crippen MR) is 68.7 cm³/mol. The first kappa shape index (κ1) is 25.2. The summed E-state index contributed by atoms with van der Waals surface area (Å²) in [6, 6.07) is 0. The van der Waals surface area contributed by atoms with Crippen LogP contribution < -0.4 is 0 Å². The summed E-state index contributed by atoms with van der Waals surface area (Å²) in [7, 11) is 0. The molecular formula is C10H18FeN3O8-. The number of rotatable bonds is 11. The summed E-state index contributed by atoms with van der Waals surface area (Å²) in [6.07, 6.45) is 0. The van der Waals surface area contributed by atoms with Crippen molar-refractivity contribution < 1.29 is 56.7 Å². The summed E-state index contributed by atoms with van der Waals surface area (Å²) in [5.74, 6) is -4.91. The molecule has 0 aliphatic heterocycles. The van der Waals surface area contributed by atoms with E-state index >= 15 is 0 Å². The second-order valence-electron chi connectivity index (χ2n) is 4.00. The second-order valence-corrected chi connectivity index (χ2v) is 4.00. The quantitative estimate of drug-likeness (QED) is 0.319. The first-order chi connectivity index (χ1) is 9.20. The molecule has 6 N–H and O–H groups in total. The number of nitrogens with zero attached hydrogens (tertiary/aromatic N) is 2. The van der Waals surface area contributed by atoms with Crippen molar-refractivity contribution in [1.29, 1.82) is 0 Å². The van der Waals surface area contributed by atoms with Crippen molar-refractivity contribution in [1.82, 2.24) is 9.80 Å². The van der Waals surface area contributed by atoms with Crippen molar-refractivity contribution in [2.75, 3.05) is 39.3 Å². The molecule has 0 spiro atoms. The Morgan fingerprint density at radius 2 is 0.773 bits per heavy atom. The molecule has 0 heterocycles. The van der Waals surface area contributed by atoms with Crippen LogP contribution in [0.25, 0.3) is 6.15 Å². The Morgan fingerprint density at radius 1 is 0.591 bits per heavy atom. The number of carboxylic acids is 4. The van der Waals surface area contributed by atoms with Crippen molar-refractivity contribution in [2.45, 2.75) is 0 Å². The number of hydrogen-bond acceptors (Lipinski definition) is 6. The van der Waals surface area contributed by atoms with Crippen LogP contribution in [0.3, 0.4) is 0 Å². The molecule has 0 aromatic heterocycles. The number of aliphatic carboxylic acids is 4. The summed E-state index contributed by atoms with van der Waals surface area (Å²) >= 11 is 0. The maximum absolute atomic E-state index is 10.6. The van der Waals surface area contributed by atoms with Crippen LogP contribution in [0.4, 0.5) is 0 Å². The molecule has 0 amide bonds. The zero-order valence-electron chi connectivity index (χ0n) is 11.5. The van der Waals surface area contributed by atoms with Gasteiger partial charge < -0.3 is 26.6 Å². The zero-order chi connectivity index (χ0) is 15.7. The van der Waals surface area contributed by atoms with Gasteiger partial charge in [0.05, 0.1) is 26.2 Å². The van der Waals surface area contributed by atoms with Crippen molar-refractivity contribution in [3.8, 4) is 0 Å². The summed E-state index contributed by atoms with van der Waals surface area (Å²) < 4.78 is 0. The molecule has 0 unspecified atom stereocenters. The fourth-order valence-corrected chi connectivity index (χ4v) is 1.48. The average molecular weight is 364 g/mol. The molecule has 12 heteroatoms. The fourth-order valence-electron chi connectivity index (χ4n) is 1.48. The Labute approximate surface area is 136 Å². The zero-order valence-corrected chi connectivity index (χ0v) is 12.6. The molecule has 0 atom stereocenters. The van der Waals surface area contributed by atoms with Gasteiger partial charge in [-0.15, -0.1) is 0 Å². The van der Waals surface area contributed by atoms with Crippen LogP contribution in [0.2, 0.25) is 0 Å². The van der Waals surface area contributed by atoms with Gasteiger partial charge >= 0.3 is 23.9 Å². The van der Waals surface area contributed by atoms with Crippen LogP contribution in [-0.4, -0.2) is 93.4 Å². The van der Waals surface area contributed by atoms with Crippen LogP contribution in [-0.2, 0) is 36.2 Å². The van der Waals surface area contributed by atoms with E-state index in [4.69, 9.17) is 20.4 Å². The van der Waals surface area contributed by atoms with E-state index in [2.05, 4.69) is 0 Å². The molecule has 0 aliphatic carbocycles. The monoisotopic (exact) mass is 364 g/mol. The fraction of sp³-hybridized carbons (Fsp3) is 0.600. The van der Waals surface area contributed by atoms with Gasteiger partial charge in [-0.1, -0.05) is 0 Å². The van der Waals surface area contributed by atoms with Crippen LogP contribution in [0, 0.1) is 0 Å². The number of hydrogen-bond donors (Lipinski definition) is 4. The average Bonchev–Trinajstić information content (AvgIpc) is 2.22. The number of carbonyl (C=O) groups is 4. The van der Waals surface area contributed by atoms with Crippen molar-refractivity contribution in [2.24, 2.45) is 0 Å². The van der Waals surface area contributed by atoms with E-state index in [-0.39, 0.29) is 36.3 Å². The molecule has 0 aromatic rings. The summed E-state index contributed by atoms with van der Waals surface area (Å²) in [5, 5.41) is 34.5. The molecule has 11 nitrogen and oxygen atoms in total.